The number of ether oxygens (including phenoxy) is 3. The topological polar surface area (TPSA) is 73.1 Å². The Morgan fingerprint density at radius 1 is 1.34 bits per heavy atom. The summed E-state index contributed by atoms with van der Waals surface area (Å²) in [5.41, 5.74) is 1.86. The summed E-state index contributed by atoms with van der Waals surface area (Å²) in [6, 6.07) is 4.89. The van der Waals surface area contributed by atoms with Gasteiger partial charge in [-0.05, 0) is 31.5 Å². The summed E-state index contributed by atoms with van der Waals surface area (Å²) in [7, 11) is 1.88. The molecule has 1 fully saturated rings. The Balaban J connectivity index is 0.00000363. The van der Waals surface area contributed by atoms with E-state index in [1.807, 2.05) is 26.4 Å². The minimum atomic E-state index is -2.91. The molecule has 0 saturated carbocycles. The number of nitrogens with zero attached hydrogens (tertiary/aromatic N) is 4. The van der Waals surface area contributed by atoms with Crippen molar-refractivity contribution in [3.63, 3.8) is 0 Å². The van der Waals surface area contributed by atoms with Crippen LogP contribution in [0, 0.1) is 0 Å². The average Bonchev–Trinajstić information content (AvgIpc) is 3.19. The summed E-state index contributed by atoms with van der Waals surface area (Å²) in [6.07, 6.45) is 3.69. The van der Waals surface area contributed by atoms with Gasteiger partial charge in [0.1, 0.15) is 6.10 Å². The van der Waals surface area contributed by atoms with Crippen LogP contribution in [0.4, 0.5) is 8.78 Å². The fraction of sp³-hybridized carbons (Fsp3) is 0.524. The number of aromatic nitrogens is 2. The summed E-state index contributed by atoms with van der Waals surface area (Å²) in [5, 5.41) is 7.55. The Morgan fingerprint density at radius 3 is 2.81 bits per heavy atom. The van der Waals surface area contributed by atoms with Crippen LogP contribution in [-0.2, 0) is 18.3 Å². The molecule has 2 aromatic rings. The summed E-state index contributed by atoms with van der Waals surface area (Å²) < 4.78 is 42.9. The molecule has 2 heterocycles. The molecule has 8 nitrogen and oxygen atoms in total. The van der Waals surface area contributed by atoms with Crippen molar-refractivity contribution in [2.45, 2.75) is 33.1 Å². The lowest BCUT2D eigenvalue weighted by molar-refractivity contribution is -0.0514. The molecule has 1 aliphatic heterocycles. The SMILES string of the molecule is CCNC(=NCc1ccc(OC(F)F)c(OCC)c1)N1CCOC(c2cnn(C)c2)C1.I. The fourth-order valence-corrected chi connectivity index (χ4v) is 3.35. The van der Waals surface area contributed by atoms with E-state index in [4.69, 9.17) is 14.5 Å². The van der Waals surface area contributed by atoms with Crippen LogP contribution in [-0.4, -0.2) is 60.1 Å². The first kappa shape index (κ1) is 26.1. The van der Waals surface area contributed by atoms with E-state index in [9.17, 15) is 8.78 Å². The highest BCUT2D eigenvalue weighted by Gasteiger charge is 2.25. The van der Waals surface area contributed by atoms with Gasteiger partial charge in [0, 0.05) is 31.9 Å². The highest BCUT2D eigenvalue weighted by Crippen LogP contribution is 2.30. The van der Waals surface area contributed by atoms with Crippen molar-refractivity contribution in [3.05, 3.63) is 41.7 Å². The number of benzene rings is 1. The normalized spacial score (nSPS) is 16.6. The van der Waals surface area contributed by atoms with E-state index in [1.54, 1.807) is 23.7 Å². The molecule has 3 rings (SSSR count). The smallest absolute Gasteiger partial charge is 0.387 e. The molecule has 1 N–H and O–H groups in total. The highest BCUT2D eigenvalue weighted by molar-refractivity contribution is 14.0. The van der Waals surface area contributed by atoms with Gasteiger partial charge in [0.15, 0.2) is 17.5 Å². The van der Waals surface area contributed by atoms with Crippen molar-refractivity contribution in [3.8, 4) is 11.5 Å². The Kier molecular flexibility index (Phi) is 10.4. The first-order valence-electron chi connectivity index (χ1n) is 10.3. The molecular weight excluding hydrogens is 535 g/mol. The second-order valence-electron chi connectivity index (χ2n) is 7.02. The Hall–Kier alpha value is -2.15. The number of rotatable bonds is 8. The largest absolute Gasteiger partial charge is 0.490 e. The van der Waals surface area contributed by atoms with Gasteiger partial charge in [0.2, 0.25) is 0 Å². The predicted octanol–water partition coefficient (Wildman–Crippen LogP) is 3.58. The van der Waals surface area contributed by atoms with Gasteiger partial charge in [0.05, 0.1) is 32.5 Å². The molecule has 0 bridgehead atoms. The number of aliphatic imine (C=N–C) groups is 1. The number of alkyl halides is 2. The third-order valence-corrected chi connectivity index (χ3v) is 4.73. The predicted molar refractivity (Wildman–Crippen MR) is 128 cm³/mol. The van der Waals surface area contributed by atoms with Crippen LogP contribution < -0.4 is 14.8 Å². The molecule has 11 heteroatoms. The quantitative estimate of drug-likeness (QED) is 0.300. The third kappa shape index (κ3) is 7.19. The van der Waals surface area contributed by atoms with Crippen LogP contribution in [0.1, 0.15) is 31.1 Å². The number of nitrogens with one attached hydrogen (secondary N) is 1. The van der Waals surface area contributed by atoms with Gasteiger partial charge in [-0.1, -0.05) is 6.07 Å². The molecule has 1 aromatic heterocycles. The van der Waals surface area contributed by atoms with Crippen LogP contribution in [0.5, 0.6) is 11.5 Å². The van der Waals surface area contributed by atoms with Crippen molar-refractivity contribution in [2.75, 3.05) is 32.8 Å². The zero-order valence-electron chi connectivity index (χ0n) is 18.5. The second kappa shape index (κ2) is 12.8. The maximum absolute atomic E-state index is 12.6. The minimum absolute atomic E-state index is 0. The van der Waals surface area contributed by atoms with E-state index in [0.29, 0.717) is 32.8 Å². The monoisotopic (exact) mass is 565 g/mol. The van der Waals surface area contributed by atoms with Crippen molar-refractivity contribution in [1.82, 2.24) is 20.0 Å². The molecule has 178 valence electrons. The molecular formula is C21H30F2IN5O3. The number of hydrogen-bond acceptors (Lipinski definition) is 5. The van der Waals surface area contributed by atoms with Crippen molar-refractivity contribution in [1.29, 1.82) is 0 Å². The van der Waals surface area contributed by atoms with E-state index in [1.165, 1.54) is 6.07 Å². The van der Waals surface area contributed by atoms with Crippen LogP contribution in [0.25, 0.3) is 0 Å². The lowest BCUT2D eigenvalue weighted by Gasteiger charge is -2.34. The summed E-state index contributed by atoms with van der Waals surface area (Å²) in [4.78, 5) is 6.90. The van der Waals surface area contributed by atoms with Crippen LogP contribution in [0.3, 0.4) is 0 Å². The molecule has 0 aliphatic carbocycles. The zero-order chi connectivity index (χ0) is 22.2. The van der Waals surface area contributed by atoms with E-state index >= 15 is 0 Å². The van der Waals surface area contributed by atoms with Crippen molar-refractivity contribution < 1.29 is 23.0 Å². The molecule has 32 heavy (non-hydrogen) atoms. The van der Waals surface area contributed by atoms with Gasteiger partial charge in [-0.25, -0.2) is 4.99 Å². The first-order valence-corrected chi connectivity index (χ1v) is 10.3. The van der Waals surface area contributed by atoms with Gasteiger partial charge in [-0.15, -0.1) is 24.0 Å². The van der Waals surface area contributed by atoms with Crippen LogP contribution in [0.15, 0.2) is 35.6 Å². The molecule has 1 aliphatic rings. The van der Waals surface area contributed by atoms with Gasteiger partial charge in [-0.3, -0.25) is 4.68 Å². The first-order chi connectivity index (χ1) is 15.0. The third-order valence-electron chi connectivity index (χ3n) is 4.73. The Bertz CT molecular complexity index is 881. The number of hydrogen-bond donors (Lipinski definition) is 1. The zero-order valence-corrected chi connectivity index (χ0v) is 20.8. The van der Waals surface area contributed by atoms with Crippen LogP contribution >= 0.6 is 24.0 Å². The number of morpholine rings is 1. The number of guanidine groups is 1. The maximum Gasteiger partial charge on any atom is 0.387 e. The van der Waals surface area contributed by atoms with E-state index in [-0.39, 0.29) is 41.6 Å². The van der Waals surface area contributed by atoms with Gasteiger partial charge in [-0.2, -0.15) is 13.9 Å². The van der Waals surface area contributed by atoms with Gasteiger partial charge >= 0.3 is 6.61 Å². The molecule has 1 unspecified atom stereocenters. The lowest BCUT2D eigenvalue weighted by Crippen LogP contribution is -2.48. The van der Waals surface area contributed by atoms with Gasteiger partial charge in [0.25, 0.3) is 0 Å². The molecule has 1 atom stereocenters. The van der Waals surface area contributed by atoms with Crippen molar-refractivity contribution in [2.24, 2.45) is 12.0 Å². The Morgan fingerprint density at radius 2 is 2.16 bits per heavy atom. The second-order valence-corrected chi connectivity index (χ2v) is 7.02. The number of aryl methyl sites for hydroxylation is 1. The van der Waals surface area contributed by atoms with E-state index in [0.717, 1.165) is 23.6 Å². The lowest BCUT2D eigenvalue weighted by atomic mass is 10.1. The molecule has 1 saturated heterocycles. The standard InChI is InChI=1S/C21H29F2N5O3.HI/c1-4-24-21(28-8-9-30-19(14-28)16-12-26-27(3)13-16)25-11-15-6-7-17(31-20(22)23)18(10-15)29-5-2;/h6-7,10,12-13,19-20H,4-5,8-9,11,14H2,1-3H3,(H,24,25);1H. The molecule has 0 radical (unpaired) electrons. The maximum atomic E-state index is 12.6. The molecule has 0 spiro atoms. The van der Waals surface area contributed by atoms with Crippen LogP contribution in [0.2, 0.25) is 0 Å². The van der Waals surface area contributed by atoms with Gasteiger partial charge < -0.3 is 24.4 Å². The molecule has 1 aromatic carbocycles. The average molecular weight is 565 g/mol. The summed E-state index contributed by atoms with van der Waals surface area (Å²) in [5.74, 6) is 1.07. The highest BCUT2D eigenvalue weighted by atomic mass is 127. The minimum Gasteiger partial charge on any atom is -0.490 e. The summed E-state index contributed by atoms with van der Waals surface area (Å²) in [6.45, 7) is 4.28. The van der Waals surface area contributed by atoms with E-state index in [2.05, 4.69) is 20.1 Å². The van der Waals surface area contributed by atoms with E-state index < -0.39 is 6.61 Å². The Labute approximate surface area is 203 Å². The number of halogens is 3. The fourth-order valence-electron chi connectivity index (χ4n) is 3.35. The molecule has 0 amide bonds. The van der Waals surface area contributed by atoms with Crippen molar-refractivity contribution >= 4 is 29.9 Å². The summed E-state index contributed by atoms with van der Waals surface area (Å²) >= 11 is 0.